The molecule has 104 valence electrons. The lowest BCUT2D eigenvalue weighted by molar-refractivity contribution is -0.384. The van der Waals surface area contributed by atoms with E-state index in [-0.39, 0.29) is 27.8 Å². The van der Waals surface area contributed by atoms with Crippen molar-refractivity contribution >= 4 is 34.4 Å². The van der Waals surface area contributed by atoms with Gasteiger partial charge < -0.3 is 11.1 Å². The minimum atomic E-state index is -0.896. The Hall–Kier alpha value is -2.41. The van der Waals surface area contributed by atoms with Crippen LogP contribution in [0.1, 0.15) is 0 Å². The van der Waals surface area contributed by atoms with E-state index >= 15 is 0 Å². The number of anilines is 3. The summed E-state index contributed by atoms with van der Waals surface area (Å²) in [5, 5.41) is 13.0. The molecule has 2 aromatic carbocycles. The quantitative estimate of drug-likeness (QED) is 0.512. The first-order valence-corrected chi connectivity index (χ1v) is 5.72. The Balaban J connectivity index is 2.38. The summed E-state index contributed by atoms with van der Waals surface area (Å²) in [5.74, 6) is -1.71. The van der Waals surface area contributed by atoms with Crippen LogP contribution in [0.25, 0.3) is 0 Å². The third-order valence-electron chi connectivity index (χ3n) is 2.51. The van der Waals surface area contributed by atoms with E-state index in [9.17, 15) is 18.9 Å². The number of rotatable bonds is 3. The van der Waals surface area contributed by atoms with Gasteiger partial charge in [0.2, 0.25) is 0 Å². The van der Waals surface area contributed by atoms with Crippen molar-refractivity contribution in [1.82, 2.24) is 0 Å². The number of nitrogens with one attached hydrogen (secondary N) is 1. The number of nitro groups is 1. The first-order valence-electron chi connectivity index (χ1n) is 5.34. The molecule has 20 heavy (non-hydrogen) atoms. The van der Waals surface area contributed by atoms with Gasteiger partial charge in [-0.15, -0.1) is 0 Å². The van der Waals surface area contributed by atoms with Crippen LogP contribution in [0, 0.1) is 21.7 Å². The first-order chi connectivity index (χ1) is 9.38. The van der Waals surface area contributed by atoms with E-state index < -0.39 is 16.6 Å². The van der Waals surface area contributed by atoms with Gasteiger partial charge in [-0.2, -0.15) is 0 Å². The molecule has 0 bridgehead atoms. The van der Waals surface area contributed by atoms with Crippen LogP contribution in [0.2, 0.25) is 5.02 Å². The molecular weight excluding hydrogens is 292 g/mol. The van der Waals surface area contributed by atoms with Gasteiger partial charge in [0.05, 0.1) is 27.0 Å². The van der Waals surface area contributed by atoms with Crippen molar-refractivity contribution < 1.29 is 13.7 Å². The van der Waals surface area contributed by atoms with Crippen LogP contribution in [-0.4, -0.2) is 4.92 Å². The standard InChI is InChI=1S/C12H8ClF2N3O2/c13-8-3-6(14)4-9(15)12(8)17-11-2-1-7(18(19)20)5-10(11)16/h1-5,17H,16H2. The molecule has 0 saturated carbocycles. The van der Waals surface area contributed by atoms with Gasteiger partial charge >= 0.3 is 0 Å². The zero-order chi connectivity index (χ0) is 14.9. The van der Waals surface area contributed by atoms with Crippen LogP contribution >= 0.6 is 11.6 Å². The summed E-state index contributed by atoms with van der Waals surface area (Å²) < 4.78 is 26.5. The monoisotopic (exact) mass is 299 g/mol. The van der Waals surface area contributed by atoms with Crippen molar-refractivity contribution in [3.8, 4) is 0 Å². The molecule has 0 amide bonds. The predicted octanol–water partition coefficient (Wildman–Crippen LogP) is 3.85. The molecule has 0 radical (unpaired) electrons. The van der Waals surface area contributed by atoms with Crippen LogP contribution in [0.3, 0.4) is 0 Å². The van der Waals surface area contributed by atoms with Gasteiger partial charge in [-0.25, -0.2) is 8.78 Å². The largest absolute Gasteiger partial charge is 0.397 e. The van der Waals surface area contributed by atoms with Crippen molar-refractivity contribution in [2.75, 3.05) is 11.1 Å². The average Bonchev–Trinajstić information content (AvgIpc) is 2.34. The fraction of sp³-hybridized carbons (Fsp3) is 0. The van der Waals surface area contributed by atoms with Gasteiger partial charge in [-0.1, -0.05) is 11.6 Å². The third kappa shape index (κ3) is 2.77. The number of nitro benzene ring substituents is 1. The Bertz CT molecular complexity index is 671. The average molecular weight is 300 g/mol. The maximum absolute atomic E-state index is 13.6. The summed E-state index contributed by atoms with van der Waals surface area (Å²) in [4.78, 5) is 9.97. The zero-order valence-electron chi connectivity index (χ0n) is 9.86. The topological polar surface area (TPSA) is 81.2 Å². The molecule has 0 spiro atoms. The second kappa shape index (κ2) is 5.30. The fourth-order valence-electron chi connectivity index (χ4n) is 1.57. The number of non-ortho nitro benzene ring substituents is 1. The highest BCUT2D eigenvalue weighted by molar-refractivity contribution is 6.33. The molecule has 0 aromatic heterocycles. The van der Waals surface area contributed by atoms with E-state index in [1.807, 2.05) is 0 Å². The zero-order valence-corrected chi connectivity index (χ0v) is 10.6. The molecule has 8 heteroatoms. The van der Waals surface area contributed by atoms with Crippen molar-refractivity contribution in [1.29, 1.82) is 0 Å². The highest BCUT2D eigenvalue weighted by Crippen LogP contribution is 2.32. The lowest BCUT2D eigenvalue weighted by Gasteiger charge is -2.11. The number of nitrogens with two attached hydrogens (primary N) is 1. The Labute approximate surface area is 117 Å². The highest BCUT2D eigenvalue weighted by atomic mass is 35.5. The van der Waals surface area contributed by atoms with E-state index in [4.69, 9.17) is 17.3 Å². The molecule has 0 saturated heterocycles. The second-order valence-electron chi connectivity index (χ2n) is 3.90. The minimum Gasteiger partial charge on any atom is -0.397 e. The number of nitrogens with zero attached hydrogens (tertiary/aromatic N) is 1. The number of hydrogen-bond donors (Lipinski definition) is 2. The summed E-state index contributed by atoms with van der Waals surface area (Å²) in [6.07, 6.45) is 0. The van der Waals surface area contributed by atoms with Crippen molar-refractivity contribution in [2.45, 2.75) is 0 Å². The summed E-state index contributed by atoms with van der Waals surface area (Å²) in [5.41, 5.74) is 5.54. The van der Waals surface area contributed by atoms with Crippen molar-refractivity contribution in [3.63, 3.8) is 0 Å². The van der Waals surface area contributed by atoms with Crippen LogP contribution in [0.15, 0.2) is 30.3 Å². The normalized spacial score (nSPS) is 10.3. The Kier molecular flexibility index (Phi) is 3.71. The molecule has 5 nitrogen and oxygen atoms in total. The SMILES string of the molecule is Nc1cc([N+](=O)[O-])ccc1Nc1c(F)cc(F)cc1Cl. The molecule has 0 atom stereocenters. The van der Waals surface area contributed by atoms with E-state index in [2.05, 4.69) is 5.32 Å². The van der Waals surface area contributed by atoms with Gasteiger partial charge in [0.25, 0.3) is 5.69 Å². The summed E-state index contributed by atoms with van der Waals surface area (Å²) in [6.45, 7) is 0. The lowest BCUT2D eigenvalue weighted by Crippen LogP contribution is -2.00. The molecule has 3 N–H and O–H groups in total. The van der Waals surface area contributed by atoms with Gasteiger partial charge in [0.15, 0.2) is 5.82 Å². The van der Waals surface area contributed by atoms with Crippen LogP contribution in [0.5, 0.6) is 0 Å². The summed E-state index contributed by atoms with van der Waals surface area (Å²) in [6, 6.07) is 5.24. The van der Waals surface area contributed by atoms with Crippen LogP contribution < -0.4 is 11.1 Å². The Morgan fingerprint density at radius 1 is 1.25 bits per heavy atom. The fourth-order valence-corrected chi connectivity index (χ4v) is 1.82. The molecule has 0 heterocycles. The van der Waals surface area contributed by atoms with Crippen molar-refractivity contribution in [3.05, 3.63) is 57.1 Å². The molecule has 0 unspecified atom stereocenters. The molecule has 0 fully saturated rings. The minimum absolute atomic E-state index is 0.0407. The molecular formula is C12H8ClF2N3O2. The van der Waals surface area contributed by atoms with Crippen molar-refractivity contribution in [2.24, 2.45) is 0 Å². The lowest BCUT2D eigenvalue weighted by atomic mass is 10.2. The van der Waals surface area contributed by atoms with Gasteiger partial charge in [-0.3, -0.25) is 10.1 Å². The predicted molar refractivity (Wildman–Crippen MR) is 72.2 cm³/mol. The molecule has 0 aliphatic carbocycles. The van der Waals surface area contributed by atoms with E-state index in [1.165, 1.54) is 12.1 Å². The molecule has 0 aliphatic heterocycles. The number of benzene rings is 2. The molecule has 0 aliphatic rings. The molecule has 2 rings (SSSR count). The maximum Gasteiger partial charge on any atom is 0.271 e. The van der Waals surface area contributed by atoms with Gasteiger partial charge in [-0.05, 0) is 12.1 Å². The van der Waals surface area contributed by atoms with E-state index in [0.717, 1.165) is 12.1 Å². The summed E-state index contributed by atoms with van der Waals surface area (Å²) in [7, 11) is 0. The number of nitrogen functional groups attached to an aromatic ring is 1. The van der Waals surface area contributed by atoms with E-state index in [0.29, 0.717) is 6.07 Å². The number of hydrogen-bond acceptors (Lipinski definition) is 4. The smallest absolute Gasteiger partial charge is 0.271 e. The maximum atomic E-state index is 13.6. The Morgan fingerprint density at radius 2 is 1.95 bits per heavy atom. The first kappa shape index (κ1) is 14.0. The third-order valence-corrected chi connectivity index (χ3v) is 2.81. The Morgan fingerprint density at radius 3 is 2.50 bits per heavy atom. The van der Waals surface area contributed by atoms with Gasteiger partial charge in [0, 0.05) is 18.2 Å². The molecule has 2 aromatic rings. The highest BCUT2D eigenvalue weighted by Gasteiger charge is 2.13. The van der Waals surface area contributed by atoms with Gasteiger partial charge in [0.1, 0.15) is 5.82 Å². The number of halogens is 3. The summed E-state index contributed by atoms with van der Waals surface area (Å²) >= 11 is 5.73. The van der Waals surface area contributed by atoms with E-state index in [1.54, 1.807) is 0 Å². The van der Waals surface area contributed by atoms with Crippen LogP contribution in [-0.2, 0) is 0 Å². The second-order valence-corrected chi connectivity index (χ2v) is 4.31. The van der Waals surface area contributed by atoms with Crippen LogP contribution in [0.4, 0.5) is 31.5 Å².